The molecule has 0 spiro atoms. The highest BCUT2D eigenvalue weighted by atomic mass is 79.9. The standard InChI is InChI=1S/C13H16N2O4.C7H12N2.2BrH/c1-2-3-8-15-10(4-6-12(16)17)9-14-11(15)5-7-13(18)19;1-2-3-5-9-6-4-8-7-9;;/h4-7,9H,2-3,8H2,1H3,(H,16,17)(H,18,19);4,6-7H,2-3,5H2,1H3;2*1H. The molecule has 8 nitrogen and oxygen atoms in total. The molecule has 2 aromatic heterocycles. The number of nitrogens with one attached hydrogen (secondary N) is 1. The largest absolute Gasteiger partial charge is 0.545 e. The summed E-state index contributed by atoms with van der Waals surface area (Å²) in [4.78, 5) is 28.0. The molecule has 30 heavy (non-hydrogen) atoms. The summed E-state index contributed by atoms with van der Waals surface area (Å²) in [6.07, 6.45) is 16.5. The second-order valence-electron chi connectivity index (χ2n) is 6.07. The van der Waals surface area contributed by atoms with Gasteiger partial charge in [0.15, 0.2) is 0 Å². The molecular weight excluding hydrogens is 520 g/mol. The normalized spacial score (nSPS) is 10.2. The summed E-state index contributed by atoms with van der Waals surface area (Å²) in [5.74, 6) is -1.86. The van der Waals surface area contributed by atoms with Crippen molar-refractivity contribution in [2.45, 2.75) is 52.6 Å². The van der Waals surface area contributed by atoms with Crippen molar-refractivity contribution in [1.29, 1.82) is 0 Å². The molecule has 0 saturated heterocycles. The van der Waals surface area contributed by atoms with Gasteiger partial charge in [0.1, 0.15) is 18.2 Å². The summed E-state index contributed by atoms with van der Waals surface area (Å²) < 4.78 is 3.92. The molecule has 2 heterocycles. The molecule has 0 bridgehead atoms. The lowest BCUT2D eigenvalue weighted by Gasteiger charge is -2.07. The molecule has 0 fully saturated rings. The van der Waals surface area contributed by atoms with Crippen molar-refractivity contribution < 1.29 is 24.4 Å². The number of rotatable bonds is 10. The van der Waals surface area contributed by atoms with Crippen LogP contribution in [-0.2, 0) is 22.7 Å². The molecule has 0 unspecified atom stereocenters. The number of H-pyrrole nitrogens is 1. The van der Waals surface area contributed by atoms with E-state index in [9.17, 15) is 14.7 Å². The SMILES string of the molecule is Br.Br.CCCC[n+]1cc[nH]c1.CCCCn1c(C=CC(=O)[O-])cnc1C=CC(=O)O. The molecule has 2 rings (SSSR count). The fourth-order valence-electron chi connectivity index (χ4n) is 2.33. The topological polar surface area (TPSA) is 115 Å². The van der Waals surface area contributed by atoms with Crippen molar-refractivity contribution >= 4 is 58.1 Å². The Morgan fingerprint density at radius 2 is 1.90 bits per heavy atom. The molecule has 2 N–H and O–H groups in total. The number of carbonyl (C=O) groups excluding carboxylic acids is 1. The molecule has 0 amide bonds. The molecule has 168 valence electrons. The van der Waals surface area contributed by atoms with E-state index in [1.165, 1.54) is 31.2 Å². The number of hydrogen-bond donors (Lipinski definition) is 2. The third-order valence-corrected chi connectivity index (χ3v) is 3.79. The number of carboxylic acid groups (broad SMARTS) is 2. The molecule has 0 atom stereocenters. The van der Waals surface area contributed by atoms with Gasteiger partial charge < -0.3 is 19.6 Å². The molecular formula is C20H30Br2N4O4. The van der Waals surface area contributed by atoms with E-state index in [1.807, 2.05) is 19.4 Å². The highest BCUT2D eigenvalue weighted by Gasteiger charge is 2.05. The smallest absolute Gasteiger partial charge is 0.328 e. The number of hydrogen-bond acceptors (Lipinski definition) is 4. The number of aromatic amines is 1. The first kappa shape index (κ1) is 30.0. The number of imidazole rings is 2. The van der Waals surface area contributed by atoms with E-state index in [4.69, 9.17) is 5.11 Å². The summed E-state index contributed by atoms with van der Waals surface area (Å²) in [6, 6.07) is 0. The van der Waals surface area contributed by atoms with Gasteiger partial charge in [-0.2, -0.15) is 0 Å². The molecule has 0 radical (unpaired) electrons. The van der Waals surface area contributed by atoms with Crippen LogP contribution in [0.4, 0.5) is 0 Å². The molecule has 10 heteroatoms. The van der Waals surface area contributed by atoms with Crippen LogP contribution in [0.1, 0.15) is 51.0 Å². The molecule has 0 aliphatic heterocycles. The van der Waals surface area contributed by atoms with E-state index in [2.05, 4.69) is 27.7 Å². The summed E-state index contributed by atoms with van der Waals surface area (Å²) in [7, 11) is 0. The molecule has 2 aromatic rings. The third kappa shape index (κ3) is 12.4. The first-order valence-corrected chi connectivity index (χ1v) is 9.35. The monoisotopic (exact) mass is 548 g/mol. The Labute approximate surface area is 197 Å². The molecule has 0 aromatic carbocycles. The van der Waals surface area contributed by atoms with Gasteiger partial charge in [-0.05, 0) is 31.1 Å². The highest BCUT2D eigenvalue weighted by molar-refractivity contribution is 8.93. The van der Waals surface area contributed by atoms with Crippen LogP contribution in [0.25, 0.3) is 12.2 Å². The molecule has 0 aliphatic carbocycles. The van der Waals surface area contributed by atoms with Crippen LogP contribution in [-0.4, -0.2) is 31.6 Å². The zero-order chi connectivity index (χ0) is 20.8. The maximum Gasteiger partial charge on any atom is 0.328 e. The minimum atomic E-state index is -1.29. The summed E-state index contributed by atoms with van der Waals surface area (Å²) in [6.45, 7) is 6.01. The quantitative estimate of drug-likeness (QED) is 0.349. The van der Waals surface area contributed by atoms with Crippen LogP contribution in [0, 0.1) is 0 Å². The van der Waals surface area contributed by atoms with Crippen molar-refractivity contribution in [2.75, 3.05) is 0 Å². The lowest BCUT2D eigenvalue weighted by Crippen LogP contribution is -2.29. The van der Waals surface area contributed by atoms with E-state index in [0.717, 1.165) is 31.5 Å². The predicted molar refractivity (Wildman–Crippen MR) is 124 cm³/mol. The van der Waals surface area contributed by atoms with Gasteiger partial charge in [-0.15, -0.1) is 34.0 Å². The number of aromatic nitrogens is 4. The number of carbonyl (C=O) groups is 2. The third-order valence-electron chi connectivity index (χ3n) is 3.79. The first-order chi connectivity index (χ1) is 13.5. The Balaban J connectivity index is 0. The zero-order valence-electron chi connectivity index (χ0n) is 17.2. The minimum absolute atomic E-state index is 0. The van der Waals surface area contributed by atoms with Gasteiger partial charge in [-0.1, -0.05) is 26.7 Å². The maximum atomic E-state index is 10.5. The average molecular weight is 550 g/mol. The Bertz CT molecular complexity index is 745. The van der Waals surface area contributed by atoms with Gasteiger partial charge in [-0.25, -0.2) is 14.3 Å². The second-order valence-corrected chi connectivity index (χ2v) is 6.07. The van der Waals surface area contributed by atoms with Gasteiger partial charge in [-0.3, -0.25) is 4.98 Å². The first-order valence-electron chi connectivity index (χ1n) is 9.35. The number of unbranched alkanes of at least 4 members (excludes halogenated alkanes) is 2. The van der Waals surface area contributed by atoms with Crippen molar-refractivity contribution in [3.8, 4) is 0 Å². The van der Waals surface area contributed by atoms with E-state index in [0.29, 0.717) is 18.1 Å². The number of aliphatic carboxylic acids is 2. The fraction of sp³-hybridized carbons (Fsp3) is 0.400. The minimum Gasteiger partial charge on any atom is -0.545 e. The highest BCUT2D eigenvalue weighted by Crippen LogP contribution is 2.11. The van der Waals surface area contributed by atoms with Gasteiger partial charge in [0.25, 0.3) is 0 Å². The maximum absolute atomic E-state index is 10.5. The Morgan fingerprint density at radius 1 is 1.20 bits per heavy atom. The van der Waals surface area contributed by atoms with Crippen LogP contribution in [0.2, 0.25) is 0 Å². The number of nitrogens with zero attached hydrogens (tertiary/aromatic N) is 3. The van der Waals surface area contributed by atoms with E-state index < -0.39 is 11.9 Å². The van der Waals surface area contributed by atoms with Crippen LogP contribution in [0.3, 0.4) is 0 Å². The average Bonchev–Trinajstić information content (AvgIpc) is 3.31. The van der Waals surface area contributed by atoms with Gasteiger partial charge in [0.05, 0.1) is 24.4 Å². The van der Waals surface area contributed by atoms with Gasteiger partial charge >= 0.3 is 5.97 Å². The van der Waals surface area contributed by atoms with E-state index in [-0.39, 0.29) is 34.0 Å². The predicted octanol–water partition coefficient (Wildman–Crippen LogP) is 2.80. The van der Waals surface area contributed by atoms with Crippen LogP contribution < -0.4 is 9.67 Å². The van der Waals surface area contributed by atoms with Crippen LogP contribution >= 0.6 is 34.0 Å². The number of carboxylic acids is 2. The Hall–Kier alpha value is -2.20. The molecule has 0 aliphatic rings. The second kappa shape index (κ2) is 17.6. The molecule has 0 saturated carbocycles. The van der Waals surface area contributed by atoms with E-state index >= 15 is 0 Å². The van der Waals surface area contributed by atoms with Crippen molar-refractivity contribution in [3.63, 3.8) is 0 Å². The van der Waals surface area contributed by atoms with Crippen molar-refractivity contribution in [3.05, 3.63) is 48.6 Å². The Morgan fingerprint density at radius 3 is 2.43 bits per heavy atom. The Kier molecular flexibility index (Phi) is 17.6. The van der Waals surface area contributed by atoms with Gasteiger partial charge in [0, 0.05) is 12.6 Å². The summed E-state index contributed by atoms with van der Waals surface area (Å²) in [5, 5.41) is 19.0. The van der Waals surface area contributed by atoms with Crippen molar-refractivity contribution in [2.24, 2.45) is 0 Å². The zero-order valence-corrected chi connectivity index (χ0v) is 20.6. The lowest BCUT2D eigenvalue weighted by molar-refractivity contribution is -0.696. The number of halogens is 2. The fourth-order valence-corrected chi connectivity index (χ4v) is 2.33. The lowest BCUT2D eigenvalue weighted by atomic mass is 10.3. The number of aryl methyl sites for hydroxylation is 1. The van der Waals surface area contributed by atoms with E-state index in [1.54, 1.807) is 4.57 Å². The summed E-state index contributed by atoms with van der Waals surface area (Å²) in [5.41, 5.74) is 0.600. The van der Waals surface area contributed by atoms with Crippen molar-refractivity contribution in [1.82, 2.24) is 14.5 Å². The van der Waals surface area contributed by atoms with Crippen LogP contribution in [0.5, 0.6) is 0 Å². The summed E-state index contributed by atoms with van der Waals surface area (Å²) >= 11 is 0. The van der Waals surface area contributed by atoms with Crippen LogP contribution in [0.15, 0.2) is 37.1 Å². The van der Waals surface area contributed by atoms with Gasteiger partial charge in [0.2, 0.25) is 6.33 Å².